The van der Waals surface area contributed by atoms with Crippen LogP contribution >= 0.6 is 12.2 Å². The van der Waals surface area contributed by atoms with Crippen molar-refractivity contribution in [3.8, 4) is 11.1 Å². The Hall–Kier alpha value is -2.92. The van der Waals surface area contributed by atoms with E-state index in [-0.39, 0.29) is 5.56 Å². The summed E-state index contributed by atoms with van der Waals surface area (Å²) in [5, 5.41) is 6.56. The summed E-state index contributed by atoms with van der Waals surface area (Å²) in [5.74, 6) is 0. The summed E-state index contributed by atoms with van der Waals surface area (Å²) in [6.45, 7) is 1.91. The Bertz CT molecular complexity index is 950. The van der Waals surface area contributed by atoms with Gasteiger partial charge < -0.3 is 15.2 Å². The van der Waals surface area contributed by atoms with Crippen LogP contribution in [0.15, 0.2) is 71.5 Å². The van der Waals surface area contributed by atoms with Crippen molar-refractivity contribution >= 4 is 28.7 Å². The number of anilines is 2. The number of nitrogens with one attached hydrogen (secondary N) is 2. The lowest BCUT2D eigenvalue weighted by Crippen LogP contribution is -2.28. The Labute approximate surface area is 152 Å². The van der Waals surface area contributed by atoms with E-state index in [2.05, 4.69) is 10.6 Å². The second-order valence-electron chi connectivity index (χ2n) is 5.75. The molecule has 3 rings (SSSR count). The lowest BCUT2D eigenvalue weighted by molar-refractivity contribution is 0.822. The number of rotatable bonds is 3. The first-order chi connectivity index (χ1) is 12.1. The van der Waals surface area contributed by atoms with E-state index in [1.807, 2.05) is 73.7 Å². The van der Waals surface area contributed by atoms with Crippen molar-refractivity contribution in [2.45, 2.75) is 6.92 Å². The fraction of sp³-hybridized carbons (Fsp3) is 0.100. The number of para-hydroxylation sites is 1. The molecule has 0 fully saturated rings. The van der Waals surface area contributed by atoms with Gasteiger partial charge in [-0.2, -0.15) is 0 Å². The summed E-state index contributed by atoms with van der Waals surface area (Å²) in [6, 6.07) is 21.4. The zero-order valence-corrected chi connectivity index (χ0v) is 14.9. The Morgan fingerprint density at radius 2 is 1.56 bits per heavy atom. The third-order valence-electron chi connectivity index (χ3n) is 4.03. The molecule has 3 aromatic rings. The number of thiocarbonyl (C=S) groups is 1. The largest absolute Gasteiger partial charge is 0.332 e. The molecule has 0 aliphatic carbocycles. The summed E-state index contributed by atoms with van der Waals surface area (Å²) in [4.78, 5) is 12.8. The number of benzene rings is 2. The van der Waals surface area contributed by atoms with Gasteiger partial charge in [-0.1, -0.05) is 48.5 Å². The number of hydrogen-bond donors (Lipinski definition) is 2. The molecule has 0 atom stereocenters. The molecule has 0 amide bonds. The van der Waals surface area contributed by atoms with Crippen molar-refractivity contribution in [2.75, 3.05) is 10.6 Å². The number of aryl methyl sites for hydroxylation is 1. The standard InChI is InChI=1S/C20H19N3OS/c1-14-13-17(15-9-5-3-6-10-15)18(19(24)23(14)2)22-20(25)21-16-11-7-4-8-12-16/h3-13H,1-2H3,(H2,21,22,25). The van der Waals surface area contributed by atoms with Gasteiger partial charge in [-0.05, 0) is 42.9 Å². The van der Waals surface area contributed by atoms with Crippen molar-refractivity contribution in [2.24, 2.45) is 7.05 Å². The highest BCUT2D eigenvalue weighted by Crippen LogP contribution is 2.26. The summed E-state index contributed by atoms with van der Waals surface area (Å²) in [5.41, 5.74) is 3.90. The first kappa shape index (κ1) is 16.9. The van der Waals surface area contributed by atoms with Gasteiger partial charge in [0.2, 0.25) is 0 Å². The summed E-state index contributed by atoms with van der Waals surface area (Å²) >= 11 is 5.39. The minimum Gasteiger partial charge on any atom is -0.332 e. The average Bonchev–Trinajstić information content (AvgIpc) is 2.63. The molecule has 0 radical (unpaired) electrons. The third-order valence-corrected chi connectivity index (χ3v) is 4.23. The van der Waals surface area contributed by atoms with Crippen molar-refractivity contribution in [1.29, 1.82) is 0 Å². The molecule has 0 spiro atoms. The SMILES string of the molecule is Cc1cc(-c2ccccc2)c(NC(=S)Nc2ccccc2)c(=O)n1C. The van der Waals surface area contributed by atoms with Crippen molar-refractivity contribution in [1.82, 2.24) is 4.57 Å². The zero-order valence-electron chi connectivity index (χ0n) is 14.1. The fourth-order valence-corrected chi connectivity index (χ4v) is 2.80. The number of pyridine rings is 1. The van der Waals surface area contributed by atoms with E-state index >= 15 is 0 Å². The summed E-state index contributed by atoms with van der Waals surface area (Å²) < 4.78 is 1.61. The van der Waals surface area contributed by atoms with Gasteiger partial charge in [0.1, 0.15) is 5.69 Å². The minimum absolute atomic E-state index is 0.115. The quantitative estimate of drug-likeness (QED) is 0.697. The van der Waals surface area contributed by atoms with Gasteiger partial charge in [0.15, 0.2) is 5.11 Å². The van der Waals surface area contributed by atoms with E-state index in [9.17, 15) is 4.79 Å². The van der Waals surface area contributed by atoms with Crippen LogP contribution in [-0.2, 0) is 7.05 Å². The van der Waals surface area contributed by atoms with Crippen LogP contribution in [0.3, 0.4) is 0 Å². The van der Waals surface area contributed by atoms with Crippen LogP contribution in [0.1, 0.15) is 5.69 Å². The molecular formula is C20H19N3OS. The van der Waals surface area contributed by atoms with E-state index in [1.54, 1.807) is 11.6 Å². The van der Waals surface area contributed by atoms with E-state index in [0.29, 0.717) is 10.8 Å². The van der Waals surface area contributed by atoms with Crippen molar-refractivity contribution < 1.29 is 0 Å². The Morgan fingerprint density at radius 1 is 0.960 bits per heavy atom. The van der Waals surface area contributed by atoms with Crippen LogP contribution in [-0.4, -0.2) is 9.68 Å². The highest BCUT2D eigenvalue weighted by Gasteiger charge is 2.14. The predicted octanol–water partition coefficient (Wildman–Crippen LogP) is 4.17. The Kier molecular flexibility index (Phi) is 4.95. The highest BCUT2D eigenvalue weighted by atomic mass is 32.1. The molecule has 1 aromatic heterocycles. The highest BCUT2D eigenvalue weighted by molar-refractivity contribution is 7.80. The first-order valence-corrected chi connectivity index (χ1v) is 8.36. The Morgan fingerprint density at radius 3 is 2.20 bits per heavy atom. The molecule has 0 aliphatic heterocycles. The van der Waals surface area contributed by atoms with E-state index in [1.165, 1.54) is 0 Å². The van der Waals surface area contributed by atoms with Crippen molar-refractivity contribution in [3.63, 3.8) is 0 Å². The molecule has 1 heterocycles. The first-order valence-electron chi connectivity index (χ1n) is 7.95. The molecule has 0 saturated carbocycles. The minimum atomic E-state index is -0.115. The van der Waals surface area contributed by atoms with E-state index in [0.717, 1.165) is 22.5 Å². The molecule has 4 nitrogen and oxygen atoms in total. The maximum absolute atomic E-state index is 12.8. The van der Waals surface area contributed by atoms with Crippen LogP contribution in [0.4, 0.5) is 11.4 Å². The van der Waals surface area contributed by atoms with E-state index in [4.69, 9.17) is 12.2 Å². The molecule has 0 unspecified atom stereocenters. The predicted molar refractivity (Wildman–Crippen MR) is 108 cm³/mol. The van der Waals surface area contributed by atoms with Crippen molar-refractivity contribution in [3.05, 3.63) is 82.8 Å². The van der Waals surface area contributed by atoms with Gasteiger partial charge in [0.25, 0.3) is 5.56 Å². The lowest BCUT2D eigenvalue weighted by Gasteiger charge is -2.16. The molecule has 5 heteroatoms. The van der Waals surface area contributed by atoms with Gasteiger partial charge in [-0.25, -0.2) is 0 Å². The van der Waals surface area contributed by atoms with Crippen LogP contribution in [0.25, 0.3) is 11.1 Å². The molecule has 2 aromatic carbocycles. The van der Waals surface area contributed by atoms with Gasteiger partial charge in [-0.3, -0.25) is 4.79 Å². The number of nitrogens with zero attached hydrogens (tertiary/aromatic N) is 1. The smallest absolute Gasteiger partial charge is 0.274 e. The summed E-state index contributed by atoms with van der Waals surface area (Å²) in [6.07, 6.45) is 0. The van der Waals surface area contributed by atoms with Crippen LogP contribution in [0, 0.1) is 6.92 Å². The maximum atomic E-state index is 12.8. The Balaban J connectivity index is 1.98. The van der Waals surface area contributed by atoms with Gasteiger partial charge in [0, 0.05) is 24.0 Å². The molecule has 25 heavy (non-hydrogen) atoms. The third kappa shape index (κ3) is 3.78. The topological polar surface area (TPSA) is 46.1 Å². The van der Waals surface area contributed by atoms with E-state index < -0.39 is 0 Å². The lowest BCUT2D eigenvalue weighted by atomic mass is 10.0. The van der Waals surface area contributed by atoms with Gasteiger partial charge >= 0.3 is 0 Å². The summed E-state index contributed by atoms with van der Waals surface area (Å²) in [7, 11) is 1.76. The molecule has 0 saturated heterocycles. The number of aromatic nitrogens is 1. The fourth-order valence-electron chi connectivity index (χ4n) is 2.58. The van der Waals surface area contributed by atoms with Crippen LogP contribution in [0.2, 0.25) is 0 Å². The maximum Gasteiger partial charge on any atom is 0.274 e. The molecule has 0 aliphatic rings. The number of hydrogen-bond acceptors (Lipinski definition) is 2. The van der Waals surface area contributed by atoms with Gasteiger partial charge in [0.05, 0.1) is 0 Å². The second-order valence-corrected chi connectivity index (χ2v) is 6.16. The normalized spacial score (nSPS) is 10.3. The average molecular weight is 349 g/mol. The van der Waals surface area contributed by atoms with Crippen LogP contribution in [0.5, 0.6) is 0 Å². The second kappa shape index (κ2) is 7.32. The molecule has 0 bridgehead atoms. The van der Waals surface area contributed by atoms with Gasteiger partial charge in [-0.15, -0.1) is 0 Å². The molecule has 126 valence electrons. The molecule has 2 N–H and O–H groups in total. The monoisotopic (exact) mass is 349 g/mol. The van der Waals surface area contributed by atoms with Crippen LogP contribution < -0.4 is 16.2 Å². The zero-order chi connectivity index (χ0) is 17.8. The molecular weight excluding hydrogens is 330 g/mol.